The highest BCUT2D eigenvalue weighted by molar-refractivity contribution is 6.31. The Balaban J connectivity index is 1.31. The van der Waals surface area contributed by atoms with E-state index in [2.05, 4.69) is 30.8 Å². The first kappa shape index (κ1) is 20.6. The van der Waals surface area contributed by atoms with E-state index >= 15 is 0 Å². The van der Waals surface area contributed by atoms with Crippen molar-refractivity contribution in [1.82, 2.24) is 30.0 Å². The Morgan fingerprint density at radius 1 is 1.10 bits per heavy atom. The molecule has 0 aliphatic carbocycles. The zero-order valence-electron chi connectivity index (χ0n) is 16.9. The third-order valence-electron chi connectivity index (χ3n) is 5.27. The number of nitrogens with one attached hydrogen (secondary N) is 2. The van der Waals surface area contributed by atoms with Gasteiger partial charge in [-0.1, -0.05) is 29.8 Å². The Kier molecular flexibility index (Phi) is 6.76. The highest BCUT2D eigenvalue weighted by Crippen LogP contribution is 2.16. The van der Waals surface area contributed by atoms with E-state index in [0.29, 0.717) is 48.2 Å². The van der Waals surface area contributed by atoms with E-state index < -0.39 is 0 Å². The van der Waals surface area contributed by atoms with Gasteiger partial charge in [0.1, 0.15) is 5.82 Å². The number of benzene rings is 1. The van der Waals surface area contributed by atoms with Crippen LogP contribution in [0.15, 0.2) is 36.4 Å². The lowest BCUT2D eigenvalue weighted by molar-refractivity contribution is -0.121. The second-order valence-electron chi connectivity index (χ2n) is 7.45. The molecule has 8 nitrogen and oxygen atoms in total. The van der Waals surface area contributed by atoms with Crippen molar-refractivity contribution in [3.63, 3.8) is 0 Å². The predicted molar refractivity (Wildman–Crippen MR) is 117 cm³/mol. The number of hydrogen-bond acceptors (Lipinski definition) is 6. The van der Waals surface area contributed by atoms with E-state index in [4.69, 9.17) is 11.6 Å². The Bertz CT molecular complexity index is 1000. The van der Waals surface area contributed by atoms with Crippen molar-refractivity contribution in [1.29, 1.82) is 0 Å². The second-order valence-corrected chi connectivity index (χ2v) is 7.86. The van der Waals surface area contributed by atoms with Crippen molar-refractivity contribution in [3.05, 3.63) is 52.8 Å². The lowest BCUT2D eigenvalue weighted by Crippen LogP contribution is -2.33. The number of amides is 1. The summed E-state index contributed by atoms with van der Waals surface area (Å²) in [5.41, 5.74) is 1.65. The minimum Gasteiger partial charge on any atom is -0.364 e. The molecule has 3 heterocycles. The molecule has 0 spiro atoms. The molecule has 3 aromatic rings. The summed E-state index contributed by atoms with van der Waals surface area (Å²) in [6.07, 6.45) is 3.36. The quantitative estimate of drug-likeness (QED) is 0.545. The van der Waals surface area contributed by atoms with Crippen LogP contribution >= 0.6 is 11.6 Å². The molecular weight excluding hydrogens is 402 g/mol. The zero-order valence-corrected chi connectivity index (χ0v) is 17.6. The molecule has 158 valence electrons. The normalized spacial score (nSPS) is 14.3. The Hall–Kier alpha value is -2.71. The summed E-state index contributed by atoms with van der Waals surface area (Å²) in [4.78, 5) is 14.6. The standard InChI is InChI=1S/C21H26ClN7O/c22-17-6-2-1-5-16(17)15-24-18-7-8-19-25-26-20(29(19)27-18)9-10-21(30)23-11-14-28-12-3-4-13-28/h1-2,5-8H,3-4,9-15H2,(H,23,30)(H,24,27). The maximum absolute atomic E-state index is 12.2. The van der Waals surface area contributed by atoms with E-state index in [1.54, 1.807) is 4.52 Å². The number of rotatable bonds is 9. The monoisotopic (exact) mass is 427 g/mol. The van der Waals surface area contributed by atoms with Crippen LogP contribution < -0.4 is 10.6 Å². The highest BCUT2D eigenvalue weighted by Gasteiger charge is 2.13. The van der Waals surface area contributed by atoms with Gasteiger partial charge in [-0.15, -0.1) is 15.3 Å². The number of halogens is 1. The summed E-state index contributed by atoms with van der Waals surface area (Å²) in [6, 6.07) is 11.4. The van der Waals surface area contributed by atoms with Crippen molar-refractivity contribution < 1.29 is 4.79 Å². The van der Waals surface area contributed by atoms with Gasteiger partial charge >= 0.3 is 0 Å². The van der Waals surface area contributed by atoms with Crippen molar-refractivity contribution in [2.45, 2.75) is 32.2 Å². The lowest BCUT2D eigenvalue weighted by atomic mass is 10.2. The number of carbonyl (C=O) groups excluding carboxylic acids is 1. The molecule has 2 aromatic heterocycles. The fourth-order valence-electron chi connectivity index (χ4n) is 3.58. The number of aromatic nitrogens is 4. The molecule has 1 aromatic carbocycles. The van der Waals surface area contributed by atoms with Gasteiger partial charge in [0.2, 0.25) is 5.91 Å². The summed E-state index contributed by atoms with van der Waals surface area (Å²) in [5, 5.41) is 19.9. The molecule has 9 heteroatoms. The molecule has 0 radical (unpaired) electrons. The first-order chi connectivity index (χ1) is 14.7. The van der Waals surface area contributed by atoms with Crippen molar-refractivity contribution >= 4 is 29.0 Å². The summed E-state index contributed by atoms with van der Waals surface area (Å²) in [5.74, 6) is 1.39. The van der Waals surface area contributed by atoms with E-state index in [-0.39, 0.29) is 5.91 Å². The maximum Gasteiger partial charge on any atom is 0.220 e. The minimum atomic E-state index is 0.0268. The number of hydrogen-bond donors (Lipinski definition) is 2. The summed E-state index contributed by atoms with van der Waals surface area (Å²) < 4.78 is 1.69. The van der Waals surface area contributed by atoms with Gasteiger partial charge in [0, 0.05) is 37.5 Å². The topological polar surface area (TPSA) is 87.5 Å². The molecule has 1 amide bonds. The Morgan fingerprint density at radius 3 is 2.77 bits per heavy atom. The van der Waals surface area contributed by atoms with Crippen molar-refractivity contribution in [3.8, 4) is 0 Å². The predicted octanol–water partition coefficient (Wildman–Crippen LogP) is 2.53. The van der Waals surface area contributed by atoms with Gasteiger partial charge in [0.25, 0.3) is 0 Å². The number of fused-ring (bicyclic) bond motifs is 1. The van der Waals surface area contributed by atoms with Crippen LogP contribution in [0.25, 0.3) is 5.65 Å². The molecule has 2 N–H and O–H groups in total. The van der Waals surface area contributed by atoms with Crippen LogP contribution in [0.4, 0.5) is 5.82 Å². The van der Waals surface area contributed by atoms with Crippen LogP contribution in [0.2, 0.25) is 5.02 Å². The largest absolute Gasteiger partial charge is 0.364 e. The van der Waals surface area contributed by atoms with E-state index in [1.807, 2.05) is 36.4 Å². The lowest BCUT2D eigenvalue weighted by Gasteiger charge is -2.14. The molecule has 30 heavy (non-hydrogen) atoms. The van der Waals surface area contributed by atoms with Gasteiger partial charge in [0.05, 0.1) is 0 Å². The van der Waals surface area contributed by atoms with E-state index in [1.165, 1.54) is 12.8 Å². The summed E-state index contributed by atoms with van der Waals surface area (Å²) in [7, 11) is 0. The molecule has 1 fully saturated rings. The average Bonchev–Trinajstić information content (AvgIpc) is 3.41. The van der Waals surface area contributed by atoms with Crippen LogP contribution in [0, 0.1) is 0 Å². The maximum atomic E-state index is 12.2. The van der Waals surface area contributed by atoms with E-state index in [0.717, 1.165) is 25.2 Å². The molecule has 0 bridgehead atoms. The van der Waals surface area contributed by atoms with Crippen LogP contribution in [0.5, 0.6) is 0 Å². The van der Waals surface area contributed by atoms with Gasteiger partial charge in [-0.2, -0.15) is 4.52 Å². The third kappa shape index (κ3) is 5.25. The van der Waals surface area contributed by atoms with Gasteiger partial charge in [-0.3, -0.25) is 4.79 Å². The van der Waals surface area contributed by atoms with E-state index in [9.17, 15) is 4.79 Å². The smallest absolute Gasteiger partial charge is 0.220 e. The van der Waals surface area contributed by atoms with Gasteiger partial charge in [0.15, 0.2) is 11.5 Å². The molecule has 1 aliphatic heterocycles. The Labute approximate surface area is 180 Å². The molecule has 0 atom stereocenters. The first-order valence-corrected chi connectivity index (χ1v) is 10.7. The molecular formula is C21H26ClN7O. The summed E-state index contributed by atoms with van der Waals surface area (Å²) >= 11 is 6.21. The average molecular weight is 428 g/mol. The molecule has 1 aliphatic rings. The SMILES string of the molecule is O=C(CCc1nnc2ccc(NCc3ccccc3Cl)nn12)NCCN1CCCC1. The number of anilines is 1. The number of nitrogens with zero attached hydrogens (tertiary/aromatic N) is 5. The third-order valence-corrected chi connectivity index (χ3v) is 5.64. The Morgan fingerprint density at radius 2 is 1.93 bits per heavy atom. The van der Waals surface area contributed by atoms with Crippen LogP contribution in [-0.4, -0.2) is 56.8 Å². The molecule has 4 rings (SSSR count). The van der Waals surface area contributed by atoms with Crippen LogP contribution in [0.3, 0.4) is 0 Å². The van der Waals surface area contributed by atoms with Crippen molar-refractivity contribution in [2.75, 3.05) is 31.5 Å². The van der Waals surface area contributed by atoms with Gasteiger partial charge in [-0.25, -0.2) is 0 Å². The number of likely N-dealkylation sites (tertiary alicyclic amines) is 1. The fraction of sp³-hybridized carbons (Fsp3) is 0.429. The molecule has 0 saturated carbocycles. The van der Waals surface area contributed by atoms with Crippen LogP contribution in [0.1, 0.15) is 30.7 Å². The van der Waals surface area contributed by atoms with Crippen molar-refractivity contribution in [2.24, 2.45) is 0 Å². The molecule has 0 unspecified atom stereocenters. The van der Waals surface area contributed by atoms with Gasteiger partial charge in [-0.05, 0) is 49.7 Å². The summed E-state index contributed by atoms with van der Waals surface area (Å²) in [6.45, 7) is 4.45. The minimum absolute atomic E-state index is 0.0268. The number of carbonyl (C=O) groups is 1. The zero-order chi connectivity index (χ0) is 20.8. The fourth-order valence-corrected chi connectivity index (χ4v) is 3.79. The van der Waals surface area contributed by atoms with Gasteiger partial charge < -0.3 is 15.5 Å². The first-order valence-electron chi connectivity index (χ1n) is 10.4. The number of aryl methyl sites for hydroxylation is 1. The molecule has 1 saturated heterocycles. The van der Waals surface area contributed by atoms with Crippen LogP contribution in [-0.2, 0) is 17.8 Å². The second kappa shape index (κ2) is 9.86. The highest BCUT2D eigenvalue weighted by atomic mass is 35.5.